The van der Waals surface area contributed by atoms with Crippen molar-refractivity contribution < 1.29 is 17.9 Å². The van der Waals surface area contributed by atoms with E-state index in [9.17, 15) is 13.2 Å². The summed E-state index contributed by atoms with van der Waals surface area (Å²) in [6, 6.07) is 9.01. The molecule has 0 unspecified atom stereocenters. The number of amides is 1. The van der Waals surface area contributed by atoms with Gasteiger partial charge in [-0.25, -0.2) is 8.42 Å². The van der Waals surface area contributed by atoms with Crippen LogP contribution in [0.5, 0.6) is 5.75 Å². The van der Waals surface area contributed by atoms with E-state index < -0.39 is 10.0 Å². The largest absolute Gasteiger partial charge is 0.492 e. The van der Waals surface area contributed by atoms with Gasteiger partial charge in [-0.1, -0.05) is 26.8 Å². The second-order valence-corrected chi connectivity index (χ2v) is 9.73. The summed E-state index contributed by atoms with van der Waals surface area (Å²) in [4.78, 5) is 12.8. The van der Waals surface area contributed by atoms with E-state index in [2.05, 4.69) is 10.0 Å². The van der Waals surface area contributed by atoms with Crippen LogP contribution >= 0.6 is 0 Å². The van der Waals surface area contributed by atoms with Crippen molar-refractivity contribution in [3.63, 3.8) is 0 Å². The first-order valence-corrected chi connectivity index (χ1v) is 10.8. The Morgan fingerprint density at radius 3 is 2.11 bits per heavy atom. The Balaban J connectivity index is 2.55. The highest BCUT2D eigenvalue weighted by Crippen LogP contribution is 2.39. The van der Waals surface area contributed by atoms with Gasteiger partial charge in [0.25, 0.3) is 5.91 Å². The van der Waals surface area contributed by atoms with Crippen LogP contribution in [0.2, 0.25) is 0 Å². The third-order valence-electron chi connectivity index (χ3n) is 4.47. The van der Waals surface area contributed by atoms with E-state index in [4.69, 9.17) is 4.74 Å². The van der Waals surface area contributed by atoms with Gasteiger partial charge in [0.15, 0.2) is 5.75 Å². The predicted octanol–water partition coefficient (Wildman–Crippen LogP) is 4.23. The molecule has 0 heterocycles. The van der Waals surface area contributed by atoms with Gasteiger partial charge >= 0.3 is 0 Å². The van der Waals surface area contributed by atoms with Gasteiger partial charge < -0.3 is 10.1 Å². The Labute approximate surface area is 167 Å². The van der Waals surface area contributed by atoms with Gasteiger partial charge in [0, 0.05) is 5.56 Å². The standard InChI is InChI=1S/C21H28N2O4S/c1-13-8-9-15(10-14(13)2)20(24)22-17-11-16(21(3,4)5)12-18(19(17)27-6)23-28(7,25)26/h8-12,23H,1-7H3,(H,22,24). The molecule has 0 spiro atoms. The fourth-order valence-corrected chi connectivity index (χ4v) is 3.28. The zero-order chi connectivity index (χ0) is 21.3. The molecular formula is C21H28N2O4S. The summed E-state index contributed by atoms with van der Waals surface area (Å²) < 4.78 is 31.5. The first kappa shape index (κ1) is 21.8. The maximum Gasteiger partial charge on any atom is 0.255 e. The predicted molar refractivity (Wildman–Crippen MR) is 114 cm³/mol. The van der Waals surface area contributed by atoms with Crippen molar-refractivity contribution in [3.8, 4) is 5.75 Å². The summed E-state index contributed by atoms with van der Waals surface area (Å²) in [6.07, 6.45) is 1.07. The van der Waals surface area contributed by atoms with Crippen molar-refractivity contribution in [2.75, 3.05) is 23.4 Å². The lowest BCUT2D eigenvalue weighted by Gasteiger charge is -2.24. The number of carbonyl (C=O) groups excluding carboxylic acids is 1. The molecule has 152 valence electrons. The van der Waals surface area contributed by atoms with Crippen molar-refractivity contribution in [3.05, 3.63) is 52.6 Å². The van der Waals surface area contributed by atoms with Gasteiger partial charge in [0.2, 0.25) is 10.0 Å². The molecule has 28 heavy (non-hydrogen) atoms. The monoisotopic (exact) mass is 404 g/mol. The van der Waals surface area contributed by atoms with E-state index in [1.807, 2.05) is 52.8 Å². The van der Waals surface area contributed by atoms with Crippen LogP contribution in [0.3, 0.4) is 0 Å². The first-order valence-electron chi connectivity index (χ1n) is 8.90. The molecule has 2 N–H and O–H groups in total. The lowest BCUT2D eigenvalue weighted by atomic mass is 9.86. The highest BCUT2D eigenvalue weighted by molar-refractivity contribution is 7.92. The Kier molecular flexibility index (Phi) is 6.09. The molecule has 0 aromatic heterocycles. The van der Waals surface area contributed by atoms with Crippen molar-refractivity contribution in [1.29, 1.82) is 0 Å². The summed E-state index contributed by atoms with van der Waals surface area (Å²) in [6.45, 7) is 9.95. The van der Waals surface area contributed by atoms with Crippen molar-refractivity contribution in [2.24, 2.45) is 0 Å². The smallest absolute Gasteiger partial charge is 0.255 e. The summed E-state index contributed by atoms with van der Waals surface area (Å²) in [5, 5.41) is 2.86. The normalized spacial score (nSPS) is 11.8. The zero-order valence-corrected chi connectivity index (χ0v) is 18.2. The molecule has 0 radical (unpaired) electrons. The summed E-state index contributed by atoms with van der Waals surface area (Å²) in [5.41, 5.74) is 3.92. The van der Waals surface area contributed by atoms with Gasteiger partial charge in [-0.2, -0.15) is 0 Å². The fraction of sp³-hybridized carbons (Fsp3) is 0.381. The highest BCUT2D eigenvalue weighted by atomic mass is 32.2. The number of ether oxygens (including phenoxy) is 1. The first-order chi connectivity index (χ1) is 12.8. The number of anilines is 2. The van der Waals surface area contributed by atoms with Crippen LogP contribution in [-0.2, 0) is 15.4 Å². The minimum atomic E-state index is -3.52. The molecule has 2 aromatic rings. The van der Waals surface area contributed by atoms with Crippen LogP contribution in [-0.4, -0.2) is 27.7 Å². The maximum absolute atomic E-state index is 12.8. The fourth-order valence-electron chi connectivity index (χ4n) is 2.73. The lowest BCUT2D eigenvalue weighted by Crippen LogP contribution is -2.18. The van der Waals surface area contributed by atoms with Crippen LogP contribution in [0.25, 0.3) is 0 Å². The summed E-state index contributed by atoms with van der Waals surface area (Å²) in [7, 11) is -2.09. The van der Waals surface area contributed by atoms with Crippen LogP contribution in [0.1, 0.15) is 47.8 Å². The number of hydrogen-bond acceptors (Lipinski definition) is 4. The van der Waals surface area contributed by atoms with Gasteiger partial charge in [-0.3, -0.25) is 9.52 Å². The number of methoxy groups -OCH3 is 1. The third kappa shape index (κ3) is 5.25. The molecule has 6 nitrogen and oxygen atoms in total. The maximum atomic E-state index is 12.8. The number of sulfonamides is 1. The minimum Gasteiger partial charge on any atom is -0.492 e. The SMILES string of the molecule is COc1c(NC(=O)c2ccc(C)c(C)c2)cc(C(C)(C)C)cc1NS(C)(=O)=O. The topological polar surface area (TPSA) is 84.5 Å². The summed E-state index contributed by atoms with van der Waals surface area (Å²) >= 11 is 0. The Bertz CT molecular complexity index is 1010. The molecule has 0 atom stereocenters. The lowest BCUT2D eigenvalue weighted by molar-refractivity contribution is 0.102. The zero-order valence-electron chi connectivity index (χ0n) is 17.4. The average Bonchev–Trinajstić information content (AvgIpc) is 2.54. The number of hydrogen-bond donors (Lipinski definition) is 2. The van der Waals surface area contributed by atoms with Gasteiger partial charge in [-0.15, -0.1) is 0 Å². The van der Waals surface area contributed by atoms with Crippen LogP contribution in [0.15, 0.2) is 30.3 Å². The molecule has 0 bridgehead atoms. The Morgan fingerprint density at radius 1 is 1.00 bits per heavy atom. The van der Waals surface area contributed by atoms with E-state index in [-0.39, 0.29) is 22.8 Å². The van der Waals surface area contributed by atoms with E-state index in [0.717, 1.165) is 22.9 Å². The van der Waals surface area contributed by atoms with E-state index >= 15 is 0 Å². The molecule has 7 heteroatoms. The molecule has 0 aliphatic carbocycles. The molecule has 0 aliphatic rings. The molecule has 0 aliphatic heterocycles. The van der Waals surface area contributed by atoms with Crippen molar-refractivity contribution in [2.45, 2.75) is 40.0 Å². The summed E-state index contributed by atoms with van der Waals surface area (Å²) in [5.74, 6) is -0.0339. The molecule has 2 aromatic carbocycles. The Hall–Kier alpha value is -2.54. The minimum absolute atomic E-state index is 0.260. The number of carbonyl (C=O) groups is 1. The van der Waals surface area contributed by atoms with E-state index in [1.54, 1.807) is 12.1 Å². The molecule has 2 rings (SSSR count). The van der Waals surface area contributed by atoms with Crippen LogP contribution < -0.4 is 14.8 Å². The van der Waals surface area contributed by atoms with E-state index in [1.165, 1.54) is 7.11 Å². The molecule has 0 saturated heterocycles. The number of aryl methyl sites for hydroxylation is 2. The van der Waals surface area contributed by atoms with Crippen LogP contribution in [0.4, 0.5) is 11.4 Å². The van der Waals surface area contributed by atoms with Crippen molar-refractivity contribution >= 4 is 27.3 Å². The van der Waals surface area contributed by atoms with Gasteiger partial charge in [0.05, 0.1) is 24.7 Å². The van der Waals surface area contributed by atoms with Crippen molar-refractivity contribution in [1.82, 2.24) is 0 Å². The molecule has 0 saturated carbocycles. The molecular weight excluding hydrogens is 376 g/mol. The number of rotatable bonds is 5. The van der Waals surface area contributed by atoms with E-state index in [0.29, 0.717) is 11.3 Å². The molecule has 0 fully saturated rings. The third-order valence-corrected chi connectivity index (χ3v) is 5.06. The van der Waals surface area contributed by atoms with Gasteiger partial charge in [0.1, 0.15) is 0 Å². The second kappa shape index (κ2) is 7.83. The number of nitrogens with one attached hydrogen (secondary N) is 2. The highest BCUT2D eigenvalue weighted by Gasteiger charge is 2.22. The Morgan fingerprint density at radius 2 is 1.61 bits per heavy atom. The second-order valence-electron chi connectivity index (χ2n) is 7.98. The van der Waals surface area contributed by atoms with Crippen LogP contribution in [0, 0.1) is 13.8 Å². The quantitative estimate of drug-likeness (QED) is 0.781. The van der Waals surface area contributed by atoms with Gasteiger partial charge in [-0.05, 0) is 60.2 Å². The average molecular weight is 405 g/mol. The number of benzene rings is 2. The molecule has 1 amide bonds.